The number of nitrogens with zero attached hydrogens (tertiary/aromatic N) is 3. The van der Waals surface area contributed by atoms with E-state index in [-0.39, 0.29) is 0 Å². The second-order valence-corrected chi connectivity index (χ2v) is 10.9. The summed E-state index contributed by atoms with van der Waals surface area (Å²) in [6, 6.07) is 41.7. The van der Waals surface area contributed by atoms with Crippen LogP contribution in [0.25, 0.3) is 10.9 Å². The molecule has 0 radical (unpaired) electrons. The number of ether oxygens (including phenoxy) is 1. The van der Waals surface area contributed by atoms with Gasteiger partial charge in [-0.05, 0) is 42.3 Å². The van der Waals surface area contributed by atoms with E-state index in [4.69, 9.17) is 4.74 Å². The van der Waals surface area contributed by atoms with Crippen molar-refractivity contribution in [3.8, 4) is 0 Å². The van der Waals surface area contributed by atoms with E-state index in [1.54, 1.807) is 6.20 Å². The van der Waals surface area contributed by atoms with Gasteiger partial charge in [0, 0.05) is 65.3 Å². The minimum absolute atomic E-state index is 0.365. The summed E-state index contributed by atoms with van der Waals surface area (Å²) in [5, 5.41) is 1.06. The number of cyclic esters (lactones) is 1. The number of hydrogen-bond acceptors (Lipinski definition) is 4. The van der Waals surface area contributed by atoms with Crippen LogP contribution in [0, 0.1) is 6.92 Å². The number of aryl methyl sites for hydroxylation is 1. The zero-order valence-electron chi connectivity index (χ0n) is 23.7. The summed E-state index contributed by atoms with van der Waals surface area (Å²) in [4.78, 5) is 20.2. The Balaban J connectivity index is 1.38. The average molecular weight is 550 g/mol. The van der Waals surface area contributed by atoms with Crippen LogP contribution < -0.4 is 4.90 Å². The minimum atomic E-state index is -1.12. The van der Waals surface area contributed by atoms with Gasteiger partial charge in [-0.2, -0.15) is 0 Å². The largest absolute Gasteiger partial charge is 0.439 e. The molecule has 0 fully saturated rings. The van der Waals surface area contributed by atoms with E-state index in [2.05, 4.69) is 113 Å². The van der Waals surface area contributed by atoms with Crippen LogP contribution in [0.2, 0.25) is 0 Å². The summed E-state index contributed by atoms with van der Waals surface area (Å²) >= 11 is 0. The lowest BCUT2D eigenvalue weighted by Crippen LogP contribution is -2.30. The predicted octanol–water partition coefficient (Wildman–Crippen LogP) is 7.55. The molecule has 0 saturated carbocycles. The van der Waals surface area contributed by atoms with Crippen molar-refractivity contribution < 1.29 is 9.53 Å². The summed E-state index contributed by atoms with van der Waals surface area (Å²) in [6.07, 6.45) is 1.65. The van der Waals surface area contributed by atoms with Gasteiger partial charge in [0.05, 0.1) is 0 Å². The Morgan fingerprint density at radius 3 is 2.05 bits per heavy atom. The van der Waals surface area contributed by atoms with Crippen LogP contribution >= 0.6 is 0 Å². The standard InChI is InChI=1S/C37H31N3O2/c1-26-34(31-16-9-10-18-33(31)39(26)2)37(32-17-11-23-38-35(32)36(41)42-37)29-19-21-30(22-20-29)40(24-27-12-5-3-6-13-27)25-28-14-7-4-8-15-28/h3-23H,24-25H2,1-2H3. The molecule has 0 amide bonds. The molecule has 0 N–H and O–H groups in total. The van der Waals surface area contributed by atoms with E-state index >= 15 is 0 Å². The lowest BCUT2D eigenvalue weighted by molar-refractivity contribution is 0.0251. The maximum atomic E-state index is 13.4. The van der Waals surface area contributed by atoms with Gasteiger partial charge in [0.2, 0.25) is 0 Å². The summed E-state index contributed by atoms with van der Waals surface area (Å²) in [5.41, 5.74) is 7.58. The fraction of sp³-hybridized carbons (Fsp3) is 0.135. The van der Waals surface area contributed by atoms with E-state index < -0.39 is 11.6 Å². The van der Waals surface area contributed by atoms with Gasteiger partial charge in [0.25, 0.3) is 0 Å². The second kappa shape index (κ2) is 10.3. The van der Waals surface area contributed by atoms with Gasteiger partial charge in [-0.3, -0.25) is 0 Å². The number of rotatable bonds is 7. The number of fused-ring (bicyclic) bond motifs is 2. The van der Waals surface area contributed by atoms with E-state index in [1.807, 2.05) is 36.4 Å². The first kappa shape index (κ1) is 25.8. The van der Waals surface area contributed by atoms with Crippen LogP contribution in [0.3, 0.4) is 0 Å². The molecule has 0 aliphatic carbocycles. The molecule has 4 aromatic carbocycles. The van der Waals surface area contributed by atoms with Crippen molar-refractivity contribution in [2.75, 3.05) is 4.90 Å². The highest BCUT2D eigenvalue weighted by Crippen LogP contribution is 2.50. The molecule has 5 nitrogen and oxygen atoms in total. The molecule has 3 heterocycles. The second-order valence-electron chi connectivity index (χ2n) is 10.9. The number of esters is 1. The van der Waals surface area contributed by atoms with Gasteiger partial charge in [-0.15, -0.1) is 0 Å². The normalized spacial score (nSPS) is 15.9. The molecule has 2 aromatic heterocycles. The number of hydrogen-bond donors (Lipinski definition) is 0. The SMILES string of the molecule is Cc1c(C2(c3ccc(N(Cc4ccccc4)Cc4ccccc4)cc3)OC(=O)c3ncccc32)c2ccccc2n1C. The third kappa shape index (κ3) is 4.17. The summed E-state index contributed by atoms with van der Waals surface area (Å²) < 4.78 is 8.63. The Kier molecular flexibility index (Phi) is 6.35. The van der Waals surface area contributed by atoms with Crippen molar-refractivity contribution in [3.05, 3.63) is 167 Å². The monoisotopic (exact) mass is 549 g/mol. The molecular formula is C37H31N3O2. The first-order valence-electron chi connectivity index (χ1n) is 14.2. The predicted molar refractivity (Wildman–Crippen MR) is 166 cm³/mol. The molecule has 5 heteroatoms. The van der Waals surface area contributed by atoms with Crippen LogP contribution in [0.1, 0.15) is 44.0 Å². The Morgan fingerprint density at radius 1 is 0.762 bits per heavy atom. The lowest BCUT2D eigenvalue weighted by Gasteiger charge is -2.31. The van der Waals surface area contributed by atoms with Gasteiger partial charge in [0.15, 0.2) is 11.3 Å². The first-order valence-corrected chi connectivity index (χ1v) is 14.2. The van der Waals surface area contributed by atoms with E-state index in [0.29, 0.717) is 5.69 Å². The molecule has 1 atom stereocenters. The molecule has 0 saturated heterocycles. The number of pyridine rings is 1. The van der Waals surface area contributed by atoms with Crippen molar-refractivity contribution in [1.82, 2.24) is 9.55 Å². The first-order chi connectivity index (χ1) is 20.6. The maximum Gasteiger partial charge on any atom is 0.358 e. The highest BCUT2D eigenvalue weighted by atomic mass is 16.6. The van der Waals surface area contributed by atoms with E-state index in [0.717, 1.165) is 52.1 Å². The minimum Gasteiger partial charge on any atom is -0.439 e. The highest BCUT2D eigenvalue weighted by molar-refractivity contribution is 5.97. The molecule has 6 aromatic rings. The lowest BCUT2D eigenvalue weighted by atomic mass is 9.79. The van der Waals surface area contributed by atoms with Crippen molar-refractivity contribution >= 4 is 22.6 Å². The smallest absolute Gasteiger partial charge is 0.358 e. The Hall–Kier alpha value is -5.16. The van der Waals surface area contributed by atoms with Crippen LogP contribution in [-0.4, -0.2) is 15.5 Å². The summed E-state index contributed by atoms with van der Waals surface area (Å²) in [6.45, 7) is 3.63. The van der Waals surface area contributed by atoms with Gasteiger partial charge in [-0.1, -0.05) is 97.1 Å². The average Bonchev–Trinajstić information content (AvgIpc) is 3.48. The number of benzene rings is 4. The van der Waals surface area contributed by atoms with E-state index in [9.17, 15) is 4.79 Å². The Bertz CT molecular complexity index is 1850. The molecule has 0 spiro atoms. The quantitative estimate of drug-likeness (QED) is 0.193. The maximum absolute atomic E-state index is 13.4. The van der Waals surface area contributed by atoms with Gasteiger partial charge in [0.1, 0.15) is 0 Å². The fourth-order valence-corrected chi connectivity index (χ4v) is 6.36. The van der Waals surface area contributed by atoms with Crippen LogP contribution in [0.5, 0.6) is 0 Å². The molecule has 1 aliphatic rings. The van der Waals surface area contributed by atoms with Gasteiger partial charge in [-0.25, -0.2) is 9.78 Å². The van der Waals surface area contributed by atoms with Crippen molar-refractivity contribution in [2.24, 2.45) is 7.05 Å². The number of aromatic nitrogens is 2. The number of anilines is 1. The Morgan fingerprint density at radius 2 is 1.38 bits per heavy atom. The van der Waals surface area contributed by atoms with Crippen LogP contribution in [0.4, 0.5) is 5.69 Å². The van der Waals surface area contributed by atoms with Crippen LogP contribution in [0.15, 0.2) is 128 Å². The fourth-order valence-electron chi connectivity index (χ4n) is 6.36. The molecule has 1 unspecified atom stereocenters. The molecule has 206 valence electrons. The van der Waals surface area contributed by atoms with Crippen molar-refractivity contribution in [2.45, 2.75) is 25.6 Å². The third-order valence-electron chi connectivity index (χ3n) is 8.45. The van der Waals surface area contributed by atoms with Crippen molar-refractivity contribution in [1.29, 1.82) is 0 Å². The van der Waals surface area contributed by atoms with E-state index in [1.165, 1.54) is 11.1 Å². The summed E-state index contributed by atoms with van der Waals surface area (Å²) in [7, 11) is 2.06. The Labute approximate surface area is 245 Å². The molecular weight excluding hydrogens is 518 g/mol. The highest BCUT2D eigenvalue weighted by Gasteiger charge is 2.51. The topological polar surface area (TPSA) is 47.4 Å². The van der Waals surface area contributed by atoms with Crippen molar-refractivity contribution in [3.63, 3.8) is 0 Å². The van der Waals surface area contributed by atoms with Crippen LogP contribution in [-0.2, 0) is 30.5 Å². The van der Waals surface area contributed by atoms with Gasteiger partial charge >= 0.3 is 5.97 Å². The summed E-state index contributed by atoms with van der Waals surface area (Å²) in [5.74, 6) is -0.406. The number of carbonyl (C=O) groups excluding carboxylic acids is 1. The number of para-hydroxylation sites is 1. The molecule has 42 heavy (non-hydrogen) atoms. The zero-order valence-corrected chi connectivity index (χ0v) is 23.7. The van der Waals surface area contributed by atoms with Gasteiger partial charge < -0.3 is 14.2 Å². The molecule has 1 aliphatic heterocycles. The molecule has 7 rings (SSSR count). The zero-order chi connectivity index (χ0) is 28.7. The third-order valence-corrected chi connectivity index (χ3v) is 8.45. The number of carbonyl (C=O) groups is 1. The molecule has 0 bridgehead atoms.